The molecular weight excluding hydrogens is 354 g/mol. The summed E-state index contributed by atoms with van der Waals surface area (Å²) in [5, 5.41) is 3.20. The van der Waals surface area contributed by atoms with Gasteiger partial charge in [-0.25, -0.2) is 13.1 Å². The Hall–Kier alpha value is -1.44. The number of nitrogens with one attached hydrogen (secondary N) is 2. The van der Waals surface area contributed by atoms with Crippen molar-refractivity contribution in [2.75, 3.05) is 11.9 Å². The topological polar surface area (TPSA) is 71.1 Å². The van der Waals surface area contributed by atoms with E-state index < -0.39 is 10.0 Å². The van der Waals surface area contributed by atoms with Crippen LogP contribution in [0.5, 0.6) is 0 Å². The van der Waals surface area contributed by atoms with Crippen molar-refractivity contribution in [1.29, 1.82) is 0 Å². The first-order valence-electron chi connectivity index (χ1n) is 6.45. The van der Waals surface area contributed by atoms with E-state index in [0.717, 1.165) is 15.9 Å². The highest BCUT2D eigenvalue weighted by Crippen LogP contribution is 2.15. The van der Waals surface area contributed by atoms with Gasteiger partial charge in [0, 0.05) is 22.9 Å². The second-order valence-electron chi connectivity index (χ2n) is 4.35. The number of hydrogen-bond acceptors (Lipinski definition) is 4. The molecule has 0 bridgehead atoms. The van der Waals surface area contributed by atoms with E-state index in [1.165, 1.54) is 0 Å². The van der Waals surface area contributed by atoms with E-state index in [9.17, 15) is 8.42 Å². The quantitative estimate of drug-likeness (QED) is 0.820. The zero-order chi connectivity index (χ0) is 15.3. The van der Waals surface area contributed by atoms with Crippen LogP contribution in [-0.2, 0) is 16.6 Å². The van der Waals surface area contributed by atoms with Crippen LogP contribution < -0.4 is 10.0 Å². The first kappa shape index (κ1) is 15.9. The monoisotopic (exact) mass is 369 g/mol. The Morgan fingerprint density at radius 1 is 1.14 bits per heavy atom. The lowest BCUT2D eigenvalue weighted by molar-refractivity contribution is 0.584. The molecule has 0 aliphatic rings. The molecular formula is C14H16BrN3O2S. The molecule has 7 heteroatoms. The standard InChI is InChI=1S/C14H16BrN3O2S/c1-2-18-21(19,20)14-7-5-12(6-8-14)17-10-13-4-3-11(15)9-16-13/h3-9,17-18H,2,10H2,1H3. The van der Waals surface area contributed by atoms with E-state index in [1.807, 2.05) is 12.1 Å². The van der Waals surface area contributed by atoms with Crippen LogP contribution in [-0.4, -0.2) is 19.9 Å². The van der Waals surface area contributed by atoms with Gasteiger partial charge >= 0.3 is 0 Å². The van der Waals surface area contributed by atoms with Gasteiger partial charge < -0.3 is 5.32 Å². The number of anilines is 1. The molecule has 0 amide bonds. The molecule has 2 N–H and O–H groups in total. The molecule has 112 valence electrons. The zero-order valence-electron chi connectivity index (χ0n) is 11.5. The minimum Gasteiger partial charge on any atom is -0.379 e. The SMILES string of the molecule is CCNS(=O)(=O)c1ccc(NCc2ccc(Br)cn2)cc1. The number of pyridine rings is 1. The van der Waals surface area contributed by atoms with Crippen molar-refractivity contribution in [3.8, 4) is 0 Å². The third-order valence-corrected chi connectivity index (χ3v) is 4.79. The zero-order valence-corrected chi connectivity index (χ0v) is 13.9. The van der Waals surface area contributed by atoms with E-state index in [-0.39, 0.29) is 4.90 Å². The van der Waals surface area contributed by atoms with Crippen molar-refractivity contribution in [3.63, 3.8) is 0 Å². The summed E-state index contributed by atoms with van der Waals surface area (Å²) in [6, 6.07) is 10.5. The van der Waals surface area contributed by atoms with Gasteiger partial charge in [0.1, 0.15) is 0 Å². The summed E-state index contributed by atoms with van der Waals surface area (Å²) < 4.78 is 27.0. The summed E-state index contributed by atoms with van der Waals surface area (Å²) in [6.45, 7) is 2.70. The highest BCUT2D eigenvalue weighted by molar-refractivity contribution is 9.10. The van der Waals surface area contributed by atoms with Gasteiger partial charge in [-0.3, -0.25) is 4.98 Å². The maximum Gasteiger partial charge on any atom is 0.240 e. The van der Waals surface area contributed by atoms with Crippen molar-refractivity contribution in [3.05, 3.63) is 52.8 Å². The van der Waals surface area contributed by atoms with Gasteiger partial charge in [0.15, 0.2) is 0 Å². The molecule has 1 heterocycles. The minimum atomic E-state index is -3.39. The van der Waals surface area contributed by atoms with Crippen LogP contribution >= 0.6 is 15.9 Å². The van der Waals surface area contributed by atoms with Crippen LogP contribution in [0, 0.1) is 0 Å². The molecule has 0 radical (unpaired) electrons. The van der Waals surface area contributed by atoms with E-state index in [0.29, 0.717) is 13.1 Å². The summed E-state index contributed by atoms with van der Waals surface area (Å²) >= 11 is 3.33. The molecule has 5 nitrogen and oxygen atoms in total. The summed E-state index contributed by atoms with van der Waals surface area (Å²) in [6.07, 6.45) is 1.74. The van der Waals surface area contributed by atoms with Crippen molar-refractivity contribution in [2.45, 2.75) is 18.4 Å². The smallest absolute Gasteiger partial charge is 0.240 e. The number of hydrogen-bond donors (Lipinski definition) is 2. The molecule has 0 atom stereocenters. The van der Waals surface area contributed by atoms with Crippen molar-refractivity contribution < 1.29 is 8.42 Å². The molecule has 1 aromatic carbocycles. The van der Waals surface area contributed by atoms with Crippen LogP contribution in [0.25, 0.3) is 0 Å². The molecule has 2 aromatic rings. The van der Waals surface area contributed by atoms with E-state index >= 15 is 0 Å². The summed E-state index contributed by atoms with van der Waals surface area (Å²) in [5.74, 6) is 0. The average Bonchev–Trinajstić information content (AvgIpc) is 2.47. The molecule has 0 saturated carbocycles. The maximum absolute atomic E-state index is 11.8. The highest BCUT2D eigenvalue weighted by Gasteiger charge is 2.11. The average molecular weight is 370 g/mol. The van der Waals surface area contributed by atoms with Gasteiger partial charge in [-0.05, 0) is 52.3 Å². The lowest BCUT2D eigenvalue weighted by Gasteiger charge is -2.08. The Morgan fingerprint density at radius 2 is 1.86 bits per heavy atom. The fourth-order valence-electron chi connectivity index (χ4n) is 1.73. The van der Waals surface area contributed by atoms with Crippen LogP contribution in [0.3, 0.4) is 0 Å². The van der Waals surface area contributed by atoms with Crippen LogP contribution in [0.15, 0.2) is 52.0 Å². The lowest BCUT2D eigenvalue weighted by atomic mass is 10.3. The van der Waals surface area contributed by atoms with E-state index in [2.05, 4.69) is 31.0 Å². The Morgan fingerprint density at radius 3 is 2.43 bits per heavy atom. The summed E-state index contributed by atoms with van der Waals surface area (Å²) in [4.78, 5) is 4.52. The highest BCUT2D eigenvalue weighted by atomic mass is 79.9. The maximum atomic E-state index is 11.8. The number of sulfonamides is 1. The van der Waals surface area contributed by atoms with Gasteiger partial charge in [0.05, 0.1) is 17.1 Å². The van der Waals surface area contributed by atoms with Gasteiger partial charge in [-0.2, -0.15) is 0 Å². The molecule has 0 aliphatic carbocycles. The minimum absolute atomic E-state index is 0.261. The third kappa shape index (κ3) is 4.52. The predicted octanol–water partition coefficient (Wildman–Crippen LogP) is 2.75. The number of benzene rings is 1. The Labute approximate surface area is 133 Å². The van der Waals surface area contributed by atoms with Crippen LogP contribution in [0.4, 0.5) is 5.69 Å². The molecule has 0 spiro atoms. The van der Waals surface area contributed by atoms with Gasteiger partial charge in [0.2, 0.25) is 10.0 Å². The van der Waals surface area contributed by atoms with Crippen molar-refractivity contribution >= 4 is 31.6 Å². The molecule has 1 aromatic heterocycles. The van der Waals surface area contributed by atoms with Crippen LogP contribution in [0.1, 0.15) is 12.6 Å². The molecule has 0 saturated heterocycles. The molecule has 2 rings (SSSR count). The number of halogens is 1. The first-order valence-corrected chi connectivity index (χ1v) is 8.73. The first-order chi connectivity index (χ1) is 10.0. The summed E-state index contributed by atoms with van der Waals surface area (Å²) in [5.41, 5.74) is 1.75. The van der Waals surface area contributed by atoms with E-state index in [4.69, 9.17) is 0 Å². The second-order valence-corrected chi connectivity index (χ2v) is 7.03. The fourth-order valence-corrected chi connectivity index (χ4v) is 3.00. The normalized spacial score (nSPS) is 11.3. The summed E-state index contributed by atoms with van der Waals surface area (Å²) in [7, 11) is -3.39. The van der Waals surface area contributed by atoms with Gasteiger partial charge in [0.25, 0.3) is 0 Å². The molecule has 0 aliphatic heterocycles. The Kier molecular flexibility index (Phi) is 5.33. The number of rotatable bonds is 6. The van der Waals surface area contributed by atoms with Crippen molar-refractivity contribution in [2.24, 2.45) is 0 Å². The molecule has 21 heavy (non-hydrogen) atoms. The number of aromatic nitrogens is 1. The van der Waals surface area contributed by atoms with Crippen LogP contribution in [0.2, 0.25) is 0 Å². The Bertz CT molecular complexity index is 685. The fraction of sp³-hybridized carbons (Fsp3) is 0.214. The number of nitrogens with zero attached hydrogens (tertiary/aromatic N) is 1. The molecule has 0 fully saturated rings. The third-order valence-electron chi connectivity index (χ3n) is 2.76. The Balaban J connectivity index is 2.01. The molecule has 0 unspecified atom stereocenters. The van der Waals surface area contributed by atoms with Gasteiger partial charge in [-0.1, -0.05) is 6.92 Å². The second kappa shape index (κ2) is 7.02. The predicted molar refractivity (Wildman–Crippen MR) is 86.6 cm³/mol. The van der Waals surface area contributed by atoms with E-state index in [1.54, 1.807) is 37.4 Å². The lowest BCUT2D eigenvalue weighted by Crippen LogP contribution is -2.23. The largest absolute Gasteiger partial charge is 0.379 e. The van der Waals surface area contributed by atoms with Gasteiger partial charge in [-0.15, -0.1) is 0 Å². The van der Waals surface area contributed by atoms with Crippen molar-refractivity contribution in [1.82, 2.24) is 9.71 Å².